The Labute approximate surface area is 110 Å². The van der Waals surface area contributed by atoms with Crippen LogP contribution in [0.15, 0.2) is 29.5 Å². The lowest BCUT2D eigenvalue weighted by Gasteiger charge is -2.10. The third kappa shape index (κ3) is 2.12. The van der Waals surface area contributed by atoms with E-state index in [1.807, 2.05) is 12.1 Å². The van der Waals surface area contributed by atoms with Gasteiger partial charge in [-0.1, -0.05) is 6.07 Å². The number of fused-ring (bicyclic) bond motifs is 1. The van der Waals surface area contributed by atoms with E-state index in [4.69, 9.17) is 4.74 Å². The van der Waals surface area contributed by atoms with Crippen LogP contribution in [-0.4, -0.2) is 21.6 Å². The average Bonchev–Trinajstić information content (AvgIpc) is 2.92. The molecule has 5 nitrogen and oxygen atoms in total. The van der Waals surface area contributed by atoms with Crippen LogP contribution in [0.4, 0.5) is 0 Å². The highest BCUT2D eigenvalue weighted by Gasteiger charge is 2.17. The molecular formula is C14H15N3O2. The van der Waals surface area contributed by atoms with Gasteiger partial charge in [0, 0.05) is 17.3 Å². The van der Waals surface area contributed by atoms with Crippen LogP contribution in [-0.2, 0) is 19.4 Å². The predicted octanol–water partition coefficient (Wildman–Crippen LogP) is 1.18. The molecule has 1 aliphatic carbocycles. The van der Waals surface area contributed by atoms with Gasteiger partial charge in [0.1, 0.15) is 0 Å². The van der Waals surface area contributed by atoms with Crippen LogP contribution in [0.5, 0.6) is 5.88 Å². The van der Waals surface area contributed by atoms with Gasteiger partial charge in [0.15, 0.2) is 0 Å². The lowest BCUT2D eigenvalue weighted by molar-refractivity contribution is 0.391. The lowest BCUT2D eigenvalue weighted by Crippen LogP contribution is -2.25. The molecule has 0 unspecified atom stereocenters. The number of aromatic nitrogens is 3. The number of methoxy groups -OCH3 is 1. The minimum absolute atomic E-state index is 0.0633. The van der Waals surface area contributed by atoms with E-state index < -0.39 is 0 Å². The first-order valence-electron chi connectivity index (χ1n) is 6.34. The SMILES string of the molecule is COc1ncccc1Cn1cnc2c(c1=O)CCC2. The second-order valence-electron chi connectivity index (χ2n) is 4.63. The number of hydrogen-bond acceptors (Lipinski definition) is 4. The van der Waals surface area contributed by atoms with E-state index >= 15 is 0 Å². The van der Waals surface area contributed by atoms with Crippen molar-refractivity contribution in [1.82, 2.24) is 14.5 Å². The first-order chi connectivity index (χ1) is 9.29. The molecule has 0 spiro atoms. The molecule has 2 aromatic rings. The molecule has 2 heterocycles. The minimum Gasteiger partial charge on any atom is -0.481 e. The summed E-state index contributed by atoms with van der Waals surface area (Å²) in [5.74, 6) is 0.551. The first-order valence-corrected chi connectivity index (χ1v) is 6.34. The average molecular weight is 257 g/mol. The Kier molecular flexibility index (Phi) is 3.03. The summed E-state index contributed by atoms with van der Waals surface area (Å²) in [6.07, 6.45) is 6.08. The standard InChI is InChI=1S/C14H15N3O2/c1-19-13-10(4-3-7-15-13)8-17-9-16-12-6-2-5-11(12)14(17)18/h3-4,7,9H,2,5-6,8H2,1H3. The Morgan fingerprint density at radius 2 is 2.26 bits per heavy atom. The normalized spacial score (nSPS) is 13.3. The fourth-order valence-electron chi connectivity index (χ4n) is 2.49. The number of nitrogens with zero attached hydrogens (tertiary/aromatic N) is 3. The molecule has 0 saturated carbocycles. The molecule has 0 fully saturated rings. The molecule has 98 valence electrons. The van der Waals surface area contributed by atoms with Gasteiger partial charge in [-0.15, -0.1) is 0 Å². The van der Waals surface area contributed by atoms with E-state index in [0.717, 1.165) is 36.1 Å². The summed E-state index contributed by atoms with van der Waals surface area (Å²) in [5, 5.41) is 0. The monoisotopic (exact) mass is 257 g/mol. The van der Waals surface area contributed by atoms with Gasteiger partial charge in [0.25, 0.3) is 5.56 Å². The van der Waals surface area contributed by atoms with Gasteiger partial charge in [-0.2, -0.15) is 0 Å². The van der Waals surface area contributed by atoms with Gasteiger partial charge < -0.3 is 4.74 Å². The summed E-state index contributed by atoms with van der Waals surface area (Å²) in [6, 6.07) is 3.75. The Balaban J connectivity index is 1.98. The fourth-order valence-corrected chi connectivity index (χ4v) is 2.49. The second kappa shape index (κ2) is 4.84. The van der Waals surface area contributed by atoms with Crippen molar-refractivity contribution in [2.45, 2.75) is 25.8 Å². The summed E-state index contributed by atoms with van der Waals surface area (Å²) in [5.41, 5.74) is 2.77. The van der Waals surface area contributed by atoms with Gasteiger partial charge in [0.2, 0.25) is 5.88 Å². The third-order valence-electron chi connectivity index (χ3n) is 3.44. The van der Waals surface area contributed by atoms with Crippen LogP contribution in [0.3, 0.4) is 0 Å². The quantitative estimate of drug-likeness (QED) is 0.828. The van der Waals surface area contributed by atoms with E-state index in [-0.39, 0.29) is 5.56 Å². The molecule has 0 N–H and O–H groups in total. The van der Waals surface area contributed by atoms with Crippen molar-refractivity contribution in [3.05, 3.63) is 51.8 Å². The van der Waals surface area contributed by atoms with Gasteiger partial charge in [-0.05, 0) is 25.3 Å². The number of aryl methyl sites for hydroxylation is 1. The fraction of sp³-hybridized carbons (Fsp3) is 0.357. The van der Waals surface area contributed by atoms with Gasteiger partial charge >= 0.3 is 0 Å². The highest BCUT2D eigenvalue weighted by Crippen LogP contribution is 2.17. The maximum atomic E-state index is 12.3. The maximum absolute atomic E-state index is 12.3. The second-order valence-corrected chi connectivity index (χ2v) is 4.63. The largest absolute Gasteiger partial charge is 0.481 e. The van der Waals surface area contributed by atoms with Crippen LogP contribution in [0.2, 0.25) is 0 Å². The van der Waals surface area contributed by atoms with Crippen molar-refractivity contribution in [3.8, 4) is 5.88 Å². The number of rotatable bonds is 3. The molecule has 0 aromatic carbocycles. The van der Waals surface area contributed by atoms with E-state index in [2.05, 4.69) is 9.97 Å². The number of hydrogen-bond donors (Lipinski definition) is 0. The van der Waals surface area contributed by atoms with Crippen LogP contribution >= 0.6 is 0 Å². The molecule has 1 aliphatic rings. The molecule has 5 heteroatoms. The number of pyridine rings is 1. The van der Waals surface area contributed by atoms with Crippen molar-refractivity contribution in [3.63, 3.8) is 0 Å². The summed E-state index contributed by atoms with van der Waals surface area (Å²) in [6.45, 7) is 0.441. The Bertz CT molecular complexity index is 664. The van der Waals surface area contributed by atoms with Crippen molar-refractivity contribution < 1.29 is 4.74 Å². The van der Waals surface area contributed by atoms with Gasteiger partial charge in [-0.25, -0.2) is 9.97 Å². The summed E-state index contributed by atoms with van der Waals surface area (Å²) in [4.78, 5) is 20.8. The highest BCUT2D eigenvalue weighted by atomic mass is 16.5. The molecule has 0 radical (unpaired) electrons. The zero-order chi connectivity index (χ0) is 13.2. The lowest BCUT2D eigenvalue weighted by atomic mass is 10.2. The Hall–Kier alpha value is -2.17. The predicted molar refractivity (Wildman–Crippen MR) is 70.4 cm³/mol. The van der Waals surface area contributed by atoms with Crippen molar-refractivity contribution in [1.29, 1.82) is 0 Å². The molecule has 0 atom stereocenters. The van der Waals surface area contributed by atoms with Crippen molar-refractivity contribution in [2.75, 3.05) is 7.11 Å². The molecule has 0 aliphatic heterocycles. The van der Waals surface area contributed by atoms with E-state index in [0.29, 0.717) is 12.4 Å². The van der Waals surface area contributed by atoms with Crippen LogP contribution in [0.25, 0.3) is 0 Å². The van der Waals surface area contributed by atoms with Crippen LogP contribution < -0.4 is 10.3 Å². The number of ether oxygens (including phenoxy) is 1. The molecule has 0 saturated heterocycles. The smallest absolute Gasteiger partial charge is 0.257 e. The molecule has 19 heavy (non-hydrogen) atoms. The molecule has 2 aromatic heterocycles. The summed E-state index contributed by atoms with van der Waals surface area (Å²) < 4.78 is 6.83. The van der Waals surface area contributed by atoms with E-state index in [1.165, 1.54) is 0 Å². The van der Waals surface area contributed by atoms with E-state index in [1.54, 1.807) is 24.2 Å². The van der Waals surface area contributed by atoms with Gasteiger partial charge in [-0.3, -0.25) is 9.36 Å². The van der Waals surface area contributed by atoms with Crippen LogP contribution in [0.1, 0.15) is 23.2 Å². The summed E-state index contributed by atoms with van der Waals surface area (Å²) in [7, 11) is 1.58. The highest BCUT2D eigenvalue weighted by molar-refractivity contribution is 5.27. The third-order valence-corrected chi connectivity index (χ3v) is 3.44. The van der Waals surface area contributed by atoms with E-state index in [9.17, 15) is 4.79 Å². The first kappa shape index (κ1) is 11.9. The summed E-state index contributed by atoms with van der Waals surface area (Å²) >= 11 is 0. The minimum atomic E-state index is 0.0633. The topological polar surface area (TPSA) is 57.0 Å². The zero-order valence-corrected chi connectivity index (χ0v) is 10.8. The molecule has 3 rings (SSSR count). The Morgan fingerprint density at radius 1 is 1.37 bits per heavy atom. The van der Waals surface area contributed by atoms with Crippen molar-refractivity contribution >= 4 is 0 Å². The Morgan fingerprint density at radius 3 is 3.11 bits per heavy atom. The molecule has 0 bridgehead atoms. The molecular weight excluding hydrogens is 242 g/mol. The maximum Gasteiger partial charge on any atom is 0.257 e. The van der Waals surface area contributed by atoms with Crippen molar-refractivity contribution in [2.24, 2.45) is 0 Å². The van der Waals surface area contributed by atoms with Crippen LogP contribution in [0, 0.1) is 0 Å². The zero-order valence-electron chi connectivity index (χ0n) is 10.8. The molecule has 0 amide bonds. The van der Waals surface area contributed by atoms with Gasteiger partial charge in [0.05, 0.1) is 25.7 Å².